The van der Waals surface area contributed by atoms with E-state index in [1.54, 1.807) is 26.4 Å². The maximum Gasteiger partial charge on any atom is 0.255 e. The van der Waals surface area contributed by atoms with Gasteiger partial charge in [-0.1, -0.05) is 6.92 Å². The van der Waals surface area contributed by atoms with Crippen LogP contribution in [0.4, 0.5) is 0 Å². The molecule has 1 aromatic rings. The van der Waals surface area contributed by atoms with Gasteiger partial charge in [0.25, 0.3) is 5.91 Å². The van der Waals surface area contributed by atoms with E-state index in [9.17, 15) is 4.79 Å². The first-order valence-electron chi connectivity index (χ1n) is 10.8. The fourth-order valence-corrected chi connectivity index (χ4v) is 4.15. The summed E-state index contributed by atoms with van der Waals surface area (Å²) < 4.78 is 16.6. The second-order valence-electron chi connectivity index (χ2n) is 8.83. The van der Waals surface area contributed by atoms with E-state index < -0.39 is 0 Å². The standard InChI is InChI=1S/C23H36N2O4/c1-17(16-23(2)9-10-23)25-12-7-18(8-13-25)29-21-15-19(28-4)5-6-20(21)22(26)24-11-14-27-3/h5-6,15,17-18H,7-14,16H2,1-4H3,(H,24,26). The smallest absolute Gasteiger partial charge is 0.255 e. The SMILES string of the molecule is COCCNC(=O)c1ccc(OC)cc1OC1CCN(C(C)CC2(C)CC2)CC1. The third-order valence-electron chi connectivity index (χ3n) is 6.31. The Balaban J connectivity index is 1.58. The maximum atomic E-state index is 12.6. The number of piperidine rings is 1. The van der Waals surface area contributed by atoms with Crippen LogP contribution in [0.2, 0.25) is 0 Å². The number of rotatable bonds is 10. The van der Waals surface area contributed by atoms with Crippen LogP contribution in [0.15, 0.2) is 18.2 Å². The minimum absolute atomic E-state index is 0.118. The average Bonchev–Trinajstić information content (AvgIpc) is 3.45. The lowest BCUT2D eigenvalue weighted by molar-refractivity contribution is 0.0704. The lowest BCUT2D eigenvalue weighted by Gasteiger charge is -2.37. The van der Waals surface area contributed by atoms with Gasteiger partial charge < -0.3 is 24.4 Å². The summed E-state index contributed by atoms with van der Waals surface area (Å²) in [6.45, 7) is 7.79. The van der Waals surface area contributed by atoms with E-state index in [4.69, 9.17) is 14.2 Å². The molecule has 162 valence electrons. The Hall–Kier alpha value is -1.79. The number of carbonyl (C=O) groups excluding carboxylic acids is 1. The molecule has 1 unspecified atom stereocenters. The van der Waals surface area contributed by atoms with Crippen LogP contribution in [0.5, 0.6) is 11.5 Å². The summed E-state index contributed by atoms with van der Waals surface area (Å²) in [6, 6.07) is 6.00. The molecule has 0 spiro atoms. The van der Waals surface area contributed by atoms with Gasteiger partial charge in [-0.15, -0.1) is 0 Å². The predicted octanol–water partition coefficient (Wildman–Crippen LogP) is 3.49. The van der Waals surface area contributed by atoms with Crippen LogP contribution in [0.3, 0.4) is 0 Å². The van der Waals surface area contributed by atoms with Crippen molar-refractivity contribution in [3.8, 4) is 11.5 Å². The topological polar surface area (TPSA) is 60.0 Å². The Kier molecular flexibility index (Phi) is 7.41. The summed E-state index contributed by atoms with van der Waals surface area (Å²) in [5.41, 5.74) is 1.12. The molecule has 0 bridgehead atoms. The normalized spacial score (nSPS) is 20.1. The van der Waals surface area contributed by atoms with E-state index in [0.29, 0.717) is 41.7 Å². The van der Waals surface area contributed by atoms with E-state index >= 15 is 0 Å². The highest BCUT2D eigenvalue weighted by Gasteiger charge is 2.39. The average molecular weight is 405 g/mol. The molecule has 1 amide bonds. The largest absolute Gasteiger partial charge is 0.497 e. The van der Waals surface area contributed by atoms with Gasteiger partial charge >= 0.3 is 0 Å². The number of nitrogens with one attached hydrogen (secondary N) is 1. The van der Waals surface area contributed by atoms with Crippen LogP contribution in [-0.4, -0.2) is 63.4 Å². The molecule has 0 aromatic heterocycles. The lowest BCUT2D eigenvalue weighted by Crippen LogP contribution is -2.43. The van der Waals surface area contributed by atoms with Crippen LogP contribution in [-0.2, 0) is 4.74 Å². The Morgan fingerprint density at radius 2 is 2.00 bits per heavy atom. The Morgan fingerprint density at radius 3 is 2.62 bits per heavy atom. The molecule has 2 aliphatic rings. The zero-order valence-corrected chi connectivity index (χ0v) is 18.3. The number of ether oxygens (including phenoxy) is 3. The van der Waals surface area contributed by atoms with Gasteiger partial charge in [-0.05, 0) is 56.6 Å². The molecule has 1 aromatic carbocycles. The number of likely N-dealkylation sites (tertiary alicyclic amines) is 1. The van der Waals surface area contributed by atoms with Gasteiger partial charge in [0.2, 0.25) is 0 Å². The number of benzene rings is 1. The monoisotopic (exact) mass is 404 g/mol. The van der Waals surface area contributed by atoms with Crippen LogP contribution >= 0.6 is 0 Å². The maximum absolute atomic E-state index is 12.6. The summed E-state index contributed by atoms with van der Waals surface area (Å²) in [6.07, 6.45) is 6.11. The summed E-state index contributed by atoms with van der Waals surface area (Å²) in [4.78, 5) is 15.2. The van der Waals surface area contributed by atoms with E-state index in [1.165, 1.54) is 19.3 Å². The third-order valence-corrected chi connectivity index (χ3v) is 6.31. The molecule has 1 N–H and O–H groups in total. The molecule has 1 aliphatic carbocycles. The summed E-state index contributed by atoms with van der Waals surface area (Å²) in [7, 11) is 3.24. The number of amides is 1. The van der Waals surface area contributed by atoms with Gasteiger partial charge in [0.1, 0.15) is 17.6 Å². The van der Waals surface area contributed by atoms with Gasteiger partial charge in [0.15, 0.2) is 0 Å². The third kappa shape index (κ3) is 6.09. The van der Waals surface area contributed by atoms with Crippen molar-refractivity contribution in [2.45, 2.75) is 58.1 Å². The fraction of sp³-hybridized carbons (Fsp3) is 0.696. The van der Waals surface area contributed by atoms with E-state index in [2.05, 4.69) is 24.1 Å². The van der Waals surface area contributed by atoms with Crippen LogP contribution in [0, 0.1) is 5.41 Å². The van der Waals surface area contributed by atoms with E-state index in [0.717, 1.165) is 25.9 Å². The van der Waals surface area contributed by atoms with Crippen molar-refractivity contribution in [1.82, 2.24) is 10.2 Å². The molecule has 2 fully saturated rings. The number of hydrogen-bond donors (Lipinski definition) is 1. The molecule has 1 aliphatic heterocycles. The molecular weight excluding hydrogens is 368 g/mol. The van der Waals surface area contributed by atoms with Crippen LogP contribution < -0.4 is 14.8 Å². The van der Waals surface area contributed by atoms with Gasteiger partial charge in [-0.3, -0.25) is 4.79 Å². The number of hydrogen-bond acceptors (Lipinski definition) is 5. The summed E-state index contributed by atoms with van der Waals surface area (Å²) in [5.74, 6) is 1.14. The quantitative estimate of drug-likeness (QED) is 0.605. The molecule has 1 atom stereocenters. The molecule has 1 saturated carbocycles. The number of methoxy groups -OCH3 is 2. The predicted molar refractivity (Wildman–Crippen MR) is 114 cm³/mol. The zero-order chi connectivity index (χ0) is 20.9. The molecule has 0 radical (unpaired) electrons. The highest BCUT2D eigenvalue weighted by atomic mass is 16.5. The molecule has 3 rings (SSSR count). The first-order valence-corrected chi connectivity index (χ1v) is 10.8. The van der Waals surface area contributed by atoms with Crippen LogP contribution in [0.1, 0.15) is 56.3 Å². The lowest BCUT2D eigenvalue weighted by atomic mass is 9.97. The van der Waals surface area contributed by atoms with Crippen molar-refractivity contribution < 1.29 is 19.0 Å². The summed E-state index contributed by atoms with van der Waals surface area (Å²) in [5, 5.41) is 2.87. The second-order valence-corrected chi connectivity index (χ2v) is 8.83. The van der Waals surface area contributed by atoms with Crippen LogP contribution in [0.25, 0.3) is 0 Å². The Labute approximate surface area is 174 Å². The van der Waals surface area contributed by atoms with Crippen molar-refractivity contribution in [3.05, 3.63) is 23.8 Å². The highest BCUT2D eigenvalue weighted by Crippen LogP contribution is 2.49. The van der Waals surface area contributed by atoms with Gasteiger partial charge in [0, 0.05) is 38.9 Å². The van der Waals surface area contributed by atoms with Crippen molar-refractivity contribution >= 4 is 5.91 Å². The minimum Gasteiger partial charge on any atom is -0.497 e. The molecule has 6 heteroatoms. The van der Waals surface area contributed by atoms with Crippen molar-refractivity contribution in [3.63, 3.8) is 0 Å². The van der Waals surface area contributed by atoms with Crippen molar-refractivity contribution in [2.24, 2.45) is 5.41 Å². The van der Waals surface area contributed by atoms with E-state index in [-0.39, 0.29) is 12.0 Å². The molecule has 1 saturated heterocycles. The Morgan fingerprint density at radius 1 is 1.28 bits per heavy atom. The van der Waals surface area contributed by atoms with Gasteiger partial charge in [0.05, 0.1) is 19.3 Å². The molecular formula is C23H36N2O4. The molecule has 6 nitrogen and oxygen atoms in total. The Bertz CT molecular complexity index is 681. The van der Waals surface area contributed by atoms with E-state index in [1.807, 2.05) is 6.07 Å². The molecule has 1 heterocycles. The fourth-order valence-electron chi connectivity index (χ4n) is 4.15. The van der Waals surface area contributed by atoms with Crippen molar-refractivity contribution in [2.75, 3.05) is 40.5 Å². The first-order chi connectivity index (χ1) is 13.9. The zero-order valence-electron chi connectivity index (χ0n) is 18.3. The second kappa shape index (κ2) is 9.81. The van der Waals surface area contributed by atoms with Gasteiger partial charge in [-0.2, -0.15) is 0 Å². The number of carbonyl (C=O) groups is 1. The minimum atomic E-state index is -0.150. The first kappa shape index (κ1) is 21.9. The molecule has 29 heavy (non-hydrogen) atoms. The van der Waals surface area contributed by atoms with Gasteiger partial charge in [-0.25, -0.2) is 0 Å². The number of nitrogens with zero attached hydrogens (tertiary/aromatic N) is 1. The summed E-state index contributed by atoms with van der Waals surface area (Å²) >= 11 is 0. The van der Waals surface area contributed by atoms with Crippen molar-refractivity contribution in [1.29, 1.82) is 0 Å². The highest BCUT2D eigenvalue weighted by molar-refractivity contribution is 5.97.